The van der Waals surface area contributed by atoms with Gasteiger partial charge in [0.15, 0.2) is 5.82 Å². The lowest BCUT2D eigenvalue weighted by Crippen LogP contribution is -2.26. The van der Waals surface area contributed by atoms with Crippen molar-refractivity contribution in [2.75, 3.05) is 11.9 Å². The molecule has 0 spiro atoms. The van der Waals surface area contributed by atoms with Gasteiger partial charge in [-0.15, -0.1) is 0 Å². The number of hydrogen-bond donors (Lipinski definition) is 1. The van der Waals surface area contributed by atoms with Crippen LogP contribution < -0.4 is 10.5 Å². The molecule has 0 aliphatic rings. The number of rotatable bonds is 3. The molecule has 1 N–H and O–H groups in total. The van der Waals surface area contributed by atoms with Crippen molar-refractivity contribution >= 4 is 11.6 Å². The quantitative estimate of drug-likeness (QED) is 0.795. The second-order valence-electron chi connectivity index (χ2n) is 5.03. The third kappa shape index (κ3) is 2.76. The van der Waals surface area contributed by atoms with Crippen molar-refractivity contribution in [3.63, 3.8) is 0 Å². The van der Waals surface area contributed by atoms with Gasteiger partial charge in [-0.3, -0.25) is 9.59 Å². The lowest BCUT2D eigenvalue weighted by molar-refractivity contribution is 0.0992. The minimum absolute atomic E-state index is 0.163. The van der Waals surface area contributed by atoms with Crippen molar-refractivity contribution in [3.8, 4) is 5.82 Å². The summed E-state index contributed by atoms with van der Waals surface area (Å²) >= 11 is 0. The number of carbonyl (C=O) groups is 1. The maximum absolute atomic E-state index is 12.7. The van der Waals surface area contributed by atoms with E-state index >= 15 is 0 Å². The molecule has 0 fully saturated rings. The van der Waals surface area contributed by atoms with Crippen molar-refractivity contribution in [2.24, 2.45) is 0 Å². The van der Waals surface area contributed by atoms with E-state index in [0.717, 1.165) is 5.69 Å². The fourth-order valence-electron chi connectivity index (χ4n) is 2.26. The van der Waals surface area contributed by atoms with E-state index in [-0.39, 0.29) is 11.5 Å². The van der Waals surface area contributed by atoms with Gasteiger partial charge in [-0.05, 0) is 25.1 Å². The number of benzene rings is 1. The van der Waals surface area contributed by atoms with Crippen molar-refractivity contribution in [1.29, 1.82) is 0 Å². The van der Waals surface area contributed by atoms with Crippen LogP contribution in [0.25, 0.3) is 5.82 Å². The summed E-state index contributed by atoms with van der Waals surface area (Å²) in [4.78, 5) is 25.3. The third-order valence-electron chi connectivity index (χ3n) is 3.57. The summed E-state index contributed by atoms with van der Waals surface area (Å²) in [5.74, 6) is 0.285. The molecule has 0 aliphatic heterocycles. The Kier molecular flexibility index (Phi) is 3.76. The number of H-pyrrole nitrogens is 1. The van der Waals surface area contributed by atoms with E-state index in [1.807, 2.05) is 30.3 Å². The van der Waals surface area contributed by atoms with Crippen LogP contribution >= 0.6 is 0 Å². The van der Waals surface area contributed by atoms with E-state index in [2.05, 4.69) is 15.3 Å². The first-order valence-electron chi connectivity index (χ1n) is 7.02. The molecule has 0 atom stereocenters. The van der Waals surface area contributed by atoms with Crippen LogP contribution in [-0.4, -0.2) is 32.9 Å². The van der Waals surface area contributed by atoms with E-state index in [1.54, 1.807) is 24.9 Å². The molecule has 1 amide bonds. The number of para-hydroxylation sites is 1. The largest absolute Gasteiger partial charge is 0.311 e. The number of carbonyl (C=O) groups excluding carboxylic acids is 1. The topological polar surface area (TPSA) is 83.9 Å². The Balaban J connectivity index is 1.94. The van der Waals surface area contributed by atoms with Crippen LogP contribution in [0.1, 0.15) is 16.1 Å². The first-order valence-corrected chi connectivity index (χ1v) is 7.02. The molecule has 7 heteroatoms. The Morgan fingerprint density at radius 3 is 2.57 bits per heavy atom. The molecule has 3 rings (SSSR count). The normalized spacial score (nSPS) is 10.5. The highest BCUT2D eigenvalue weighted by Crippen LogP contribution is 2.18. The molecule has 0 saturated carbocycles. The monoisotopic (exact) mass is 309 g/mol. The number of hydrogen-bond acceptors (Lipinski definition) is 4. The molecule has 0 saturated heterocycles. The van der Waals surface area contributed by atoms with Crippen LogP contribution in [0.3, 0.4) is 0 Å². The Labute approximate surface area is 132 Å². The molecular formula is C16H15N5O2. The van der Waals surface area contributed by atoms with Crippen molar-refractivity contribution in [1.82, 2.24) is 20.0 Å². The summed E-state index contributed by atoms with van der Waals surface area (Å²) in [6.45, 7) is 1.78. The van der Waals surface area contributed by atoms with Gasteiger partial charge in [-0.1, -0.05) is 18.2 Å². The predicted octanol–water partition coefficient (Wildman–Crippen LogP) is 1.54. The zero-order chi connectivity index (χ0) is 16.4. The van der Waals surface area contributed by atoms with Gasteiger partial charge in [-0.25, -0.2) is 9.78 Å². The molecular weight excluding hydrogens is 294 g/mol. The Morgan fingerprint density at radius 2 is 1.91 bits per heavy atom. The minimum Gasteiger partial charge on any atom is -0.311 e. The van der Waals surface area contributed by atoms with Crippen molar-refractivity contribution in [2.45, 2.75) is 6.92 Å². The highest BCUT2D eigenvalue weighted by Gasteiger charge is 2.20. The summed E-state index contributed by atoms with van der Waals surface area (Å²) in [7, 11) is 1.71. The molecule has 23 heavy (non-hydrogen) atoms. The fraction of sp³-hybridized carbons (Fsp3) is 0.125. The molecule has 0 aliphatic carbocycles. The van der Waals surface area contributed by atoms with E-state index < -0.39 is 0 Å². The Morgan fingerprint density at radius 1 is 1.17 bits per heavy atom. The zero-order valence-electron chi connectivity index (χ0n) is 12.7. The first-order chi connectivity index (χ1) is 11.1. The first kappa shape index (κ1) is 14.7. The predicted molar refractivity (Wildman–Crippen MR) is 85.9 cm³/mol. The van der Waals surface area contributed by atoms with Gasteiger partial charge in [0.2, 0.25) is 0 Å². The van der Waals surface area contributed by atoms with Crippen LogP contribution in [0.15, 0.2) is 53.5 Å². The molecule has 2 heterocycles. The number of aromatic amines is 1. The summed E-state index contributed by atoms with van der Waals surface area (Å²) < 4.78 is 1.52. The third-order valence-corrected chi connectivity index (χ3v) is 3.57. The van der Waals surface area contributed by atoms with E-state index in [4.69, 9.17) is 0 Å². The van der Waals surface area contributed by atoms with Gasteiger partial charge in [0.25, 0.3) is 11.5 Å². The second-order valence-corrected chi connectivity index (χ2v) is 5.03. The van der Waals surface area contributed by atoms with Crippen LogP contribution in [0.2, 0.25) is 0 Å². The van der Waals surface area contributed by atoms with Crippen LogP contribution in [-0.2, 0) is 0 Å². The van der Waals surface area contributed by atoms with Crippen LogP contribution in [0, 0.1) is 6.92 Å². The highest BCUT2D eigenvalue weighted by atomic mass is 16.2. The maximum atomic E-state index is 12.7. The van der Waals surface area contributed by atoms with E-state index in [0.29, 0.717) is 17.1 Å². The highest BCUT2D eigenvalue weighted by molar-refractivity contribution is 6.06. The van der Waals surface area contributed by atoms with Gasteiger partial charge in [0, 0.05) is 18.8 Å². The fourth-order valence-corrected chi connectivity index (χ4v) is 2.26. The SMILES string of the molecule is Cc1c(C(=O)N(C)c2ccccc2)cnn1-c1ccc(=O)[nH]n1. The van der Waals surface area contributed by atoms with Gasteiger partial charge in [-0.2, -0.15) is 10.2 Å². The standard InChI is InChI=1S/C16H15N5O2/c1-11-13(16(23)20(2)12-6-4-3-5-7-12)10-17-21(11)14-8-9-15(22)19-18-14/h3-10H,1-2H3,(H,19,22). The maximum Gasteiger partial charge on any atom is 0.264 e. The van der Waals surface area contributed by atoms with E-state index in [9.17, 15) is 9.59 Å². The summed E-state index contributed by atoms with van der Waals surface area (Å²) in [6, 6.07) is 12.3. The molecule has 7 nitrogen and oxygen atoms in total. The second kappa shape index (κ2) is 5.88. The number of aromatic nitrogens is 4. The molecule has 0 bridgehead atoms. The summed E-state index contributed by atoms with van der Waals surface area (Å²) in [6.07, 6.45) is 1.50. The van der Waals surface area contributed by atoms with Gasteiger partial charge in [0.1, 0.15) is 0 Å². The Bertz CT molecular complexity index is 878. The number of anilines is 1. The smallest absolute Gasteiger partial charge is 0.264 e. The molecule has 0 radical (unpaired) electrons. The molecule has 116 valence electrons. The summed E-state index contributed by atoms with van der Waals surface area (Å²) in [5, 5.41) is 10.5. The lowest BCUT2D eigenvalue weighted by atomic mass is 10.2. The molecule has 2 aromatic heterocycles. The molecule has 0 unspecified atom stereocenters. The minimum atomic E-state index is -0.293. The number of nitrogens with zero attached hydrogens (tertiary/aromatic N) is 4. The zero-order valence-corrected chi connectivity index (χ0v) is 12.7. The van der Waals surface area contributed by atoms with Crippen LogP contribution in [0.4, 0.5) is 5.69 Å². The summed E-state index contributed by atoms with van der Waals surface area (Å²) in [5.41, 5.74) is 1.63. The van der Waals surface area contributed by atoms with Gasteiger partial charge in [0.05, 0.1) is 17.5 Å². The average Bonchev–Trinajstić information content (AvgIpc) is 2.96. The van der Waals surface area contributed by atoms with Crippen LogP contribution in [0.5, 0.6) is 0 Å². The van der Waals surface area contributed by atoms with Crippen molar-refractivity contribution < 1.29 is 4.79 Å². The number of nitrogens with one attached hydrogen (secondary N) is 1. The Hall–Kier alpha value is -3.22. The van der Waals surface area contributed by atoms with E-state index in [1.165, 1.54) is 16.9 Å². The molecule has 3 aromatic rings. The van der Waals surface area contributed by atoms with Crippen molar-refractivity contribution in [3.05, 3.63) is 70.3 Å². The number of amides is 1. The van der Waals surface area contributed by atoms with Gasteiger partial charge < -0.3 is 4.90 Å². The molecule has 1 aromatic carbocycles. The lowest BCUT2D eigenvalue weighted by Gasteiger charge is -2.16. The van der Waals surface area contributed by atoms with Gasteiger partial charge >= 0.3 is 0 Å². The average molecular weight is 309 g/mol.